The molecule has 1 aromatic carbocycles. The Bertz CT molecular complexity index is 958. The maximum atomic E-state index is 12.5. The van der Waals surface area contributed by atoms with E-state index in [-0.39, 0.29) is 12.5 Å². The van der Waals surface area contributed by atoms with E-state index in [2.05, 4.69) is 4.98 Å². The summed E-state index contributed by atoms with van der Waals surface area (Å²) in [6.07, 6.45) is 0. The third kappa shape index (κ3) is 3.78. The van der Waals surface area contributed by atoms with E-state index in [1.54, 1.807) is 16.2 Å². The van der Waals surface area contributed by atoms with Crippen molar-refractivity contribution in [1.82, 2.24) is 14.9 Å². The molecule has 0 N–H and O–H groups in total. The summed E-state index contributed by atoms with van der Waals surface area (Å²) in [5, 5.41) is 2.98. The number of anilines is 2. The third-order valence-corrected chi connectivity index (χ3v) is 5.29. The quantitative estimate of drug-likeness (QED) is 0.693. The number of fused-ring (bicyclic) bond motifs is 1. The normalized spacial score (nSPS) is 13.7. The molecular formula is C20H20N4O2S. The highest BCUT2D eigenvalue weighted by atomic mass is 32.1. The maximum Gasteiger partial charge on any atom is 0.261 e. The predicted octanol–water partition coefficient (Wildman–Crippen LogP) is 3.54. The minimum absolute atomic E-state index is 0.0195. The Morgan fingerprint density at radius 1 is 1.19 bits per heavy atom. The molecule has 1 aliphatic rings. The number of benzene rings is 1. The number of hydrogen-bond acceptors (Lipinski definition) is 6. The topological polar surface area (TPSA) is 58.6 Å². The van der Waals surface area contributed by atoms with Gasteiger partial charge in [0, 0.05) is 18.1 Å². The molecule has 6 nitrogen and oxygen atoms in total. The minimum atomic E-state index is -0.0587. The third-order valence-electron chi connectivity index (χ3n) is 4.47. The largest absolute Gasteiger partial charge is 0.482 e. The zero-order chi connectivity index (χ0) is 18.8. The lowest BCUT2D eigenvalue weighted by atomic mass is 10.2. The Morgan fingerprint density at radius 3 is 2.74 bits per heavy atom. The fraction of sp³-hybridized carbons (Fsp3) is 0.250. The zero-order valence-corrected chi connectivity index (χ0v) is 16.1. The van der Waals surface area contributed by atoms with Gasteiger partial charge in [-0.1, -0.05) is 18.2 Å². The lowest BCUT2D eigenvalue weighted by Gasteiger charge is -2.21. The van der Waals surface area contributed by atoms with Crippen molar-refractivity contribution < 1.29 is 9.53 Å². The second kappa shape index (κ2) is 7.36. The van der Waals surface area contributed by atoms with Gasteiger partial charge < -0.3 is 14.5 Å². The van der Waals surface area contributed by atoms with E-state index in [0.29, 0.717) is 18.8 Å². The molecule has 0 aliphatic carbocycles. The van der Waals surface area contributed by atoms with Crippen molar-refractivity contribution in [1.29, 1.82) is 0 Å². The Hall–Kier alpha value is -2.93. The molecule has 1 aliphatic heterocycles. The molecule has 27 heavy (non-hydrogen) atoms. The van der Waals surface area contributed by atoms with Crippen molar-refractivity contribution in [2.75, 3.05) is 18.6 Å². The molecule has 0 radical (unpaired) electrons. The van der Waals surface area contributed by atoms with Crippen molar-refractivity contribution in [3.8, 4) is 5.75 Å². The number of carbonyl (C=O) groups is 1. The first-order valence-electron chi connectivity index (χ1n) is 8.70. The van der Waals surface area contributed by atoms with E-state index in [0.717, 1.165) is 27.9 Å². The first-order chi connectivity index (χ1) is 13.1. The summed E-state index contributed by atoms with van der Waals surface area (Å²) < 4.78 is 5.68. The first-order valence-corrected chi connectivity index (χ1v) is 9.58. The molecule has 3 heterocycles. The van der Waals surface area contributed by atoms with Crippen LogP contribution in [0.2, 0.25) is 0 Å². The first kappa shape index (κ1) is 17.5. The van der Waals surface area contributed by atoms with E-state index in [4.69, 9.17) is 9.72 Å². The lowest BCUT2D eigenvalue weighted by Crippen LogP contribution is -2.32. The molecule has 2 aromatic heterocycles. The summed E-state index contributed by atoms with van der Waals surface area (Å²) in [7, 11) is 1.97. The number of ether oxygens (including phenoxy) is 1. The van der Waals surface area contributed by atoms with Crippen LogP contribution in [0.25, 0.3) is 0 Å². The van der Waals surface area contributed by atoms with Gasteiger partial charge in [-0.3, -0.25) is 4.79 Å². The SMILES string of the molecule is Cc1nc(CN2Cc3nc(N(C)c4ccccc4)ccc3OCC2=O)cs1. The highest BCUT2D eigenvalue weighted by Crippen LogP contribution is 2.28. The molecule has 7 heteroatoms. The van der Waals surface area contributed by atoms with Gasteiger partial charge in [-0.25, -0.2) is 9.97 Å². The van der Waals surface area contributed by atoms with Crippen molar-refractivity contribution in [2.45, 2.75) is 20.0 Å². The van der Waals surface area contributed by atoms with Gasteiger partial charge in [-0.15, -0.1) is 11.3 Å². The van der Waals surface area contributed by atoms with E-state index < -0.39 is 0 Å². The number of pyridine rings is 1. The Kier molecular flexibility index (Phi) is 4.77. The second-order valence-electron chi connectivity index (χ2n) is 6.41. The van der Waals surface area contributed by atoms with Crippen LogP contribution in [0.5, 0.6) is 5.75 Å². The average Bonchev–Trinajstić information content (AvgIpc) is 3.03. The Morgan fingerprint density at radius 2 is 2.00 bits per heavy atom. The molecule has 0 saturated carbocycles. The summed E-state index contributed by atoms with van der Waals surface area (Å²) in [5.74, 6) is 1.41. The molecule has 0 saturated heterocycles. The number of para-hydroxylation sites is 1. The molecule has 3 aromatic rings. The van der Waals surface area contributed by atoms with Crippen molar-refractivity contribution in [3.05, 3.63) is 64.2 Å². The minimum Gasteiger partial charge on any atom is -0.482 e. The van der Waals surface area contributed by atoms with Crippen LogP contribution in [0.15, 0.2) is 47.8 Å². The van der Waals surface area contributed by atoms with Crippen LogP contribution in [0.4, 0.5) is 11.5 Å². The van der Waals surface area contributed by atoms with Gasteiger partial charge in [0.15, 0.2) is 6.61 Å². The maximum absolute atomic E-state index is 12.5. The van der Waals surface area contributed by atoms with Crippen molar-refractivity contribution in [3.63, 3.8) is 0 Å². The number of hydrogen-bond donors (Lipinski definition) is 0. The van der Waals surface area contributed by atoms with Crippen LogP contribution in [0.1, 0.15) is 16.4 Å². The molecular weight excluding hydrogens is 360 g/mol. The van der Waals surface area contributed by atoms with Gasteiger partial charge in [0.25, 0.3) is 5.91 Å². The Balaban J connectivity index is 1.60. The average molecular weight is 380 g/mol. The van der Waals surface area contributed by atoms with Gasteiger partial charge in [-0.05, 0) is 31.2 Å². The number of nitrogens with zero attached hydrogens (tertiary/aromatic N) is 4. The fourth-order valence-corrected chi connectivity index (χ4v) is 3.62. The highest BCUT2D eigenvalue weighted by molar-refractivity contribution is 7.09. The lowest BCUT2D eigenvalue weighted by molar-refractivity contribution is -0.133. The standard InChI is InChI=1S/C20H20N4O2S/c1-14-21-15(13-27-14)10-24-11-17-18(26-12-20(24)25)8-9-19(22-17)23(2)16-6-4-3-5-7-16/h3-9,13H,10-12H2,1-2H3. The van der Waals surface area contributed by atoms with Crippen molar-refractivity contribution >= 4 is 28.7 Å². The molecule has 0 unspecified atom stereocenters. The van der Waals surface area contributed by atoms with Crippen LogP contribution in [-0.4, -0.2) is 34.4 Å². The number of aryl methyl sites for hydroxylation is 1. The summed E-state index contributed by atoms with van der Waals surface area (Å²) in [6, 6.07) is 13.8. The van der Waals surface area contributed by atoms with Crippen molar-refractivity contribution in [2.24, 2.45) is 0 Å². The number of rotatable bonds is 4. The summed E-state index contributed by atoms with van der Waals surface area (Å²) in [6.45, 7) is 2.85. The highest BCUT2D eigenvalue weighted by Gasteiger charge is 2.24. The van der Waals surface area contributed by atoms with E-state index in [1.165, 1.54) is 0 Å². The Labute approximate surface area is 162 Å². The fourth-order valence-electron chi connectivity index (χ4n) is 3.01. The van der Waals surface area contributed by atoms with Gasteiger partial charge in [-0.2, -0.15) is 0 Å². The van der Waals surface area contributed by atoms with Crippen LogP contribution >= 0.6 is 11.3 Å². The van der Waals surface area contributed by atoms with Crippen LogP contribution in [0.3, 0.4) is 0 Å². The number of aromatic nitrogens is 2. The zero-order valence-electron chi connectivity index (χ0n) is 15.3. The molecule has 4 rings (SSSR count). The second-order valence-corrected chi connectivity index (χ2v) is 7.47. The molecule has 138 valence electrons. The summed E-state index contributed by atoms with van der Waals surface area (Å²) in [5.41, 5.74) is 2.70. The van der Waals surface area contributed by atoms with Gasteiger partial charge >= 0.3 is 0 Å². The molecule has 0 atom stereocenters. The van der Waals surface area contributed by atoms with E-state index in [1.807, 2.05) is 66.7 Å². The smallest absolute Gasteiger partial charge is 0.261 e. The number of amides is 1. The van der Waals surface area contributed by atoms with E-state index in [9.17, 15) is 4.79 Å². The van der Waals surface area contributed by atoms with Crippen LogP contribution in [0, 0.1) is 6.92 Å². The number of thiazole rings is 1. The summed E-state index contributed by atoms with van der Waals surface area (Å²) >= 11 is 1.59. The van der Waals surface area contributed by atoms with Crippen LogP contribution in [-0.2, 0) is 17.9 Å². The number of carbonyl (C=O) groups excluding carboxylic acids is 1. The molecule has 0 spiro atoms. The molecule has 1 amide bonds. The molecule has 0 fully saturated rings. The van der Waals surface area contributed by atoms with Gasteiger partial charge in [0.05, 0.1) is 23.8 Å². The van der Waals surface area contributed by atoms with Gasteiger partial charge in [0.1, 0.15) is 17.3 Å². The summed E-state index contributed by atoms with van der Waals surface area (Å²) in [4.78, 5) is 25.5. The van der Waals surface area contributed by atoms with E-state index >= 15 is 0 Å². The molecule has 0 bridgehead atoms. The van der Waals surface area contributed by atoms with Gasteiger partial charge in [0.2, 0.25) is 0 Å². The van der Waals surface area contributed by atoms with Crippen LogP contribution < -0.4 is 9.64 Å². The monoisotopic (exact) mass is 380 g/mol. The predicted molar refractivity (Wildman–Crippen MR) is 105 cm³/mol.